The lowest BCUT2D eigenvalue weighted by molar-refractivity contribution is -0.139. The van der Waals surface area contributed by atoms with Gasteiger partial charge in [-0.25, -0.2) is 14.2 Å². The molecule has 1 aromatic heterocycles. The maximum atomic E-state index is 13.6. The van der Waals surface area contributed by atoms with Crippen LogP contribution in [0.25, 0.3) is 0 Å². The molecule has 8 heteroatoms. The number of H-pyrrole nitrogens is 1. The Balaban J connectivity index is 2.14. The minimum Gasteiger partial charge on any atom is -0.480 e. The molecule has 0 aliphatic carbocycles. The van der Waals surface area contributed by atoms with Gasteiger partial charge in [0, 0.05) is 22.8 Å². The average molecular weight is 356 g/mol. The first-order valence-corrected chi connectivity index (χ1v) is 6.72. The summed E-state index contributed by atoms with van der Waals surface area (Å²) in [6, 6.07) is 2.69. The van der Waals surface area contributed by atoms with E-state index in [2.05, 4.69) is 31.2 Å². The summed E-state index contributed by atoms with van der Waals surface area (Å²) in [4.78, 5) is 29.7. The van der Waals surface area contributed by atoms with E-state index in [-0.39, 0.29) is 12.0 Å². The molecular weight excluding hydrogens is 345 g/mol. The molecule has 1 amide bonds. The van der Waals surface area contributed by atoms with Crippen LogP contribution >= 0.6 is 15.9 Å². The number of carbonyl (C=O) groups excluding carboxylic acids is 1. The largest absolute Gasteiger partial charge is 0.480 e. The monoisotopic (exact) mass is 355 g/mol. The smallest absolute Gasteiger partial charge is 0.326 e. The Bertz CT molecular complexity index is 661. The van der Waals surface area contributed by atoms with Gasteiger partial charge >= 0.3 is 5.97 Å². The Morgan fingerprint density at radius 1 is 1.48 bits per heavy atom. The van der Waals surface area contributed by atoms with Crippen molar-refractivity contribution in [1.82, 2.24) is 15.3 Å². The van der Waals surface area contributed by atoms with Gasteiger partial charge < -0.3 is 15.4 Å². The van der Waals surface area contributed by atoms with Crippen LogP contribution in [0.1, 0.15) is 16.1 Å². The SMILES string of the molecule is O=C(N[C@H](Cc1cnc[nH]1)C(=O)O)c1cc(Br)ccc1F. The van der Waals surface area contributed by atoms with Crippen molar-refractivity contribution >= 4 is 27.8 Å². The van der Waals surface area contributed by atoms with Gasteiger partial charge in [-0.15, -0.1) is 0 Å². The van der Waals surface area contributed by atoms with Crippen LogP contribution in [-0.2, 0) is 11.2 Å². The van der Waals surface area contributed by atoms with E-state index in [1.807, 2.05) is 0 Å². The van der Waals surface area contributed by atoms with Gasteiger partial charge in [-0.05, 0) is 18.2 Å². The number of carboxylic acids is 1. The highest BCUT2D eigenvalue weighted by Crippen LogP contribution is 2.15. The van der Waals surface area contributed by atoms with E-state index in [0.717, 1.165) is 6.07 Å². The molecule has 0 saturated heterocycles. The van der Waals surface area contributed by atoms with Crippen molar-refractivity contribution < 1.29 is 19.1 Å². The van der Waals surface area contributed by atoms with E-state index >= 15 is 0 Å². The van der Waals surface area contributed by atoms with Crippen LogP contribution in [0.2, 0.25) is 0 Å². The molecule has 6 nitrogen and oxygen atoms in total. The second kappa shape index (κ2) is 6.49. The number of nitrogens with one attached hydrogen (secondary N) is 2. The third kappa shape index (κ3) is 3.88. The fourth-order valence-electron chi connectivity index (χ4n) is 1.72. The van der Waals surface area contributed by atoms with Crippen molar-refractivity contribution in [2.24, 2.45) is 0 Å². The Labute approximate surface area is 127 Å². The van der Waals surface area contributed by atoms with Gasteiger partial charge in [0.2, 0.25) is 0 Å². The molecule has 110 valence electrons. The zero-order valence-corrected chi connectivity index (χ0v) is 12.2. The van der Waals surface area contributed by atoms with Crippen LogP contribution < -0.4 is 5.32 Å². The number of carboxylic acid groups (broad SMARTS) is 1. The second-order valence-corrected chi connectivity index (χ2v) is 5.19. The molecule has 1 aromatic carbocycles. The van der Waals surface area contributed by atoms with E-state index in [1.165, 1.54) is 24.7 Å². The number of amides is 1. The Kier molecular flexibility index (Phi) is 4.69. The summed E-state index contributed by atoms with van der Waals surface area (Å²) >= 11 is 3.13. The van der Waals surface area contributed by atoms with Gasteiger partial charge in [-0.2, -0.15) is 0 Å². The second-order valence-electron chi connectivity index (χ2n) is 4.27. The van der Waals surface area contributed by atoms with Gasteiger partial charge in [0.25, 0.3) is 5.91 Å². The Morgan fingerprint density at radius 3 is 2.86 bits per heavy atom. The number of aliphatic carboxylic acids is 1. The van der Waals surface area contributed by atoms with Crippen LogP contribution in [0.15, 0.2) is 35.2 Å². The maximum Gasteiger partial charge on any atom is 0.326 e. The summed E-state index contributed by atoms with van der Waals surface area (Å²) in [5.41, 5.74) is 0.331. The molecular formula is C13H11BrFN3O3. The fourth-order valence-corrected chi connectivity index (χ4v) is 2.08. The predicted octanol–water partition coefficient (Wildman–Crippen LogP) is 1.74. The van der Waals surface area contributed by atoms with Gasteiger partial charge in [-0.3, -0.25) is 4.79 Å². The van der Waals surface area contributed by atoms with Crippen molar-refractivity contribution in [3.63, 3.8) is 0 Å². The number of carbonyl (C=O) groups is 2. The summed E-state index contributed by atoms with van der Waals surface area (Å²) in [6.07, 6.45) is 2.89. The quantitative estimate of drug-likeness (QED) is 0.761. The lowest BCUT2D eigenvalue weighted by Gasteiger charge is -2.14. The van der Waals surface area contributed by atoms with Crippen molar-refractivity contribution in [3.05, 3.63) is 52.3 Å². The minimum atomic E-state index is -1.21. The maximum absolute atomic E-state index is 13.6. The number of imidazole rings is 1. The number of nitrogens with zero attached hydrogens (tertiary/aromatic N) is 1. The molecule has 3 N–H and O–H groups in total. The number of hydrogen-bond acceptors (Lipinski definition) is 3. The van der Waals surface area contributed by atoms with Crippen LogP contribution in [0, 0.1) is 5.82 Å². The van der Waals surface area contributed by atoms with Gasteiger partial charge in [0.1, 0.15) is 11.9 Å². The lowest BCUT2D eigenvalue weighted by atomic mass is 10.1. The molecule has 0 bridgehead atoms. The zero-order valence-electron chi connectivity index (χ0n) is 10.6. The van der Waals surface area contributed by atoms with E-state index in [9.17, 15) is 14.0 Å². The van der Waals surface area contributed by atoms with Crippen molar-refractivity contribution in [2.45, 2.75) is 12.5 Å². The molecule has 2 rings (SSSR count). The average Bonchev–Trinajstić information content (AvgIpc) is 2.93. The normalized spacial score (nSPS) is 11.9. The molecule has 0 unspecified atom stereocenters. The molecule has 0 aliphatic heterocycles. The number of rotatable bonds is 5. The molecule has 0 fully saturated rings. The van der Waals surface area contributed by atoms with Crippen LogP contribution in [-0.4, -0.2) is 33.0 Å². The first-order valence-electron chi connectivity index (χ1n) is 5.93. The molecule has 0 spiro atoms. The highest BCUT2D eigenvalue weighted by atomic mass is 79.9. The number of benzene rings is 1. The summed E-state index contributed by atoms with van der Waals surface area (Å²) < 4.78 is 14.1. The summed E-state index contributed by atoms with van der Waals surface area (Å²) in [6.45, 7) is 0. The van der Waals surface area contributed by atoms with Crippen LogP contribution in [0.4, 0.5) is 4.39 Å². The van der Waals surface area contributed by atoms with E-state index < -0.39 is 23.7 Å². The van der Waals surface area contributed by atoms with E-state index in [1.54, 1.807) is 0 Å². The lowest BCUT2D eigenvalue weighted by Crippen LogP contribution is -2.42. The van der Waals surface area contributed by atoms with Crippen molar-refractivity contribution in [3.8, 4) is 0 Å². The first kappa shape index (κ1) is 15.2. The minimum absolute atomic E-state index is 0.0245. The molecule has 1 atom stereocenters. The number of hydrogen-bond donors (Lipinski definition) is 3. The zero-order chi connectivity index (χ0) is 15.4. The van der Waals surface area contributed by atoms with Gasteiger partial charge in [-0.1, -0.05) is 15.9 Å². The van der Waals surface area contributed by atoms with Crippen LogP contribution in [0.3, 0.4) is 0 Å². The predicted molar refractivity (Wildman–Crippen MR) is 75.3 cm³/mol. The summed E-state index contributed by atoms with van der Waals surface area (Å²) in [5.74, 6) is -2.73. The highest BCUT2D eigenvalue weighted by Gasteiger charge is 2.23. The van der Waals surface area contributed by atoms with Gasteiger partial charge in [0.15, 0.2) is 0 Å². The van der Waals surface area contributed by atoms with Gasteiger partial charge in [0.05, 0.1) is 11.9 Å². The van der Waals surface area contributed by atoms with E-state index in [0.29, 0.717) is 10.2 Å². The third-order valence-electron chi connectivity index (χ3n) is 2.76. The van der Waals surface area contributed by atoms with E-state index in [4.69, 9.17) is 5.11 Å². The fraction of sp³-hybridized carbons (Fsp3) is 0.154. The molecule has 0 aliphatic rings. The number of halogens is 2. The standard InChI is InChI=1S/C13H11BrFN3O3/c14-7-1-2-10(15)9(3-7)12(19)18-11(13(20)21)4-8-5-16-6-17-8/h1-3,5-6,11H,4H2,(H,16,17)(H,18,19)(H,20,21)/t11-/m1/s1. The first-order chi connectivity index (χ1) is 9.97. The number of aromatic amines is 1. The Morgan fingerprint density at radius 2 is 2.24 bits per heavy atom. The molecule has 0 radical (unpaired) electrons. The van der Waals surface area contributed by atoms with Crippen molar-refractivity contribution in [1.29, 1.82) is 0 Å². The topological polar surface area (TPSA) is 95.1 Å². The highest BCUT2D eigenvalue weighted by molar-refractivity contribution is 9.10. The molecule has 21 heavy (non-hydrogen) atoms. The molecule has 0 saturated carbocycles. The third-order valence-corrected chi connectivity index (χ3v) is 3.25. The summed E-state index contributed by atoms with van der Waals surface area (Å²) in [7, 11) is 0. The molecule has 2 aromatic rings. The van der Waals surface area contributed by atoms with Crippen LogP contribution in [0.5, 0.6) is 0 Å². The Hall–Kier alpha value is -2.22. The van der Waals surface area contributed by atoms with Crippen molar-refractivity contribution in [2.75, 3.05) is 0 Å². The molecule has 1 heterocycles. The number of aromatic nitrogens is 2. The summed E-state index contributed by atoms with van der Waals surface area (Å²) in [5, 5.41) is 11.4.